The highest BCUT2D eigenvalue weighted by Crippen LogP contribution is 2.39. The molecule has 10 heteroatoms. The van der Waals surface area contributed by atoms with Crippen LogP contribution in [0.4, 0.5) is 0 Å². The minimum absolute atomic E-state index is 0.0759. The number of hydrogen-bond acceptors (Lipinski definition) is 7. The molecule has 0 saturated carbocycles. The number of carbonyl (C=O) groups is 1. The summed E-state index contributed by atoms with van der Waals surface area (Å²) < 4.78 is 19.1. The van der Waals surface area contributed by atoms with Crippen molar-refractivity contribution in [2.24, 2.45) is 0 Å². The maximum atomic E-state index is 12.1. The molecule has 9 nitrogen and oxygen atoms in total. The summed E-state index contributed by atoms with van der Waals surface area (Å²) >= 11 is 0. The molecular formula is C22H22N3O6P. The van der Waals surface area contributed by atoms with Crippen LogP contribution in [0.5, 0.6) is 5.75 Å². The zero-order valence-corrected chi connectivity index (χ0v) is 18.2. The number of carbonyl (C=O) groups excluding carboxylic acids is 1. The first-order chi connectivity index (χ1) is 15.5. The first kappa shape index (κ1) is 22.1. The molecule has 0 amide bonds. The van der Waals surface area contributed by atoms with Crippen molar-refractivity contribution in [3.8, 4) is 5.75 Å². The summed E-state index contributed by atoms with van der Waals surface area (Å²) in [7, 11) is -1.63. The van der Waals surface area contributed by atoms with Crippen molar-refractivity contribution in [2.45, 2.75) is 19.3 Å². The number of aryl methyl sites for hydroxylation is 1. The second-order valence-corrected chi connectivity index (χ2v) is 8.35. The van der Waals surface area contributed by atoms with Crippen molar-refractivity contribution in [1.29, 1.82) is 0 Å². The minimum Gasteiger partial charge on any atom is -0.435 e. The summed E-state index contributed by atoms with van der Waals surface area (Å²) in [6, 6.07) is 13.5. The van der Waals surface area contributed by atoms with Crippen molar-refractivity contribution < 1.29 is 18.6 Å². The number of nitrogens with one attached hydrogen (secondary N) is 2. The third-order valence-corrected chi connectivity index (χ3v) is 6.00. The van der Waals surface area contributed by atoms with Crippen LogP contribution in [-0.2, 0) is 14.1 Å². The number of aromatic nitrogens is 2. The normalized spacial score (nSPS) is 18.7. The van der Waals surface area contributed by atoms with Crippen LogP contribution in [-0.4, -0.2) is 35.1 Å². The van der Waals surface area contributed by atoms with E-state index in [0.717, 1.165) is 17.1 Å². The second kappa shape index (κ2) is 10.0. The molecule has 2 aromatic carbocycles. The Labute approximate surface area is 184 Å². The van der Waals surface area contributed by atoms with E-state index >= 15 is 0 Å². The Morgan fingerprint density at radius 3 is 2.84 bits per heavy atom. The van der Waals surface area contributed by atoms with E-state index in [-0.39, 0.29) is 13.2 Å². The smallest absolute Gasteiger partial charge is 0.330 e. The van der Waals surface area contributed by atoms with E-state index in [9.17, 15) is 14.4 Å². The van der Waals surface area contributed by atoms with E-state index in [1.807, 2.05) is 42.5 Å². The van der Waals surface area contributed by atoms with Crippen LogP contribution in [0.2, 0.25) is 0 Å². The van der Waals surface area contributed by atoms with Gasteiger partial charge in [-0.3, -0.25) is 14.3 Å². The quantitative estimate of drug-likeness (QED) is 0.290. The molecule has 2 N–H and O–H groups in total. The van der Waals surface area contributed by atoms with Gasteiger partial charge in [-0.2, -0.15) is 0 Å². The Balaban J connectivity index is 1.42. The number of fused-ring (bicyclic) bond motifs is 1. The summed E-state index contributed by atoms with van der Waals surface area (Å²) in [6.45, 7) is 1.84. The summed E-state index contributed by atoms with van der Waals surface area (Å²) in [5.41, 5.74) is -0.567. The number of H-pyrrole nitrogens is 1. The lowest BCUT2D eigenvalue weighted by Gasteiger charge is -2.21. The topological polar surface area (TPSA) is 112 Å². The molecule has 0 aliphatic carbocycles. The number of ether oxygens (including phenoxy) is 1. The Morgan fingerprint density at radius 1 is 1.19 bits per heavy atom. The number of nitrogens with zero attached hydrogens (tertiary/aromatic N) is 1. The van der Waals surface area contributed by atoms with Gasteiger partial charge >= 0.3 is 14.2 Å². The van der Waals surface area contributed by atoms with Crippen LogP contribution in [0.15, 0.2) is 70.4 Å². The van der Waals surface area contributed by atoms with Gasteiger partial charge in [-0.25, -0.2) is 9.88 Å². The molecule has 0 saturated heterocycles. The summed E-state index contributed by atoms with van der Waals surface area (Å²) in [6.07, 6.45) is 4.61. The lowest BCUT2D eigenvalue weighted by atomic mass is 10.1. The molecule has 166 valence electrons. The predicted octanol–water partition coefficient (Wildman–Crippen LogP) is 2.56. The van der Waals surface area contributed by atoms with Gasteiger partial charge < -0.3 is 18.6 Å². The van der Waals surface area contributed by atoms with Gasteiger partial charge in [-0.15, -0.1) is 0 Å². The highest BCUT2D eigenvalue weighted by Gasteiger charge is 2.24. The maximum Gasteiger partial charge on any atom is 0.330 e. The Bertz CT molecular complexity index is 1250. The SMILES string of the molecule is Cc1cn(C2C=CC(COP(NCC=O)Oc3cccc4ccccc34)O2)c(=O)[nH]c1=O. The van der Waals surface area contributed by atoms with Gasteiger partial charge in [-0.1, -0.05) is 42.5 Å². The molecule has 0 radical (unpaired) electrons. The van der Waals surface area contributed by atoms with Crippen molar-refractivity contribution in [3.05, 3.63) is 87.2 Å². The molecule has 2 heterocycles. The molecule has 3 unspecified atom stereocenters. The zero-order chi connectivity index (χ0) is 22.5. The van der Waals surface area contributed by atoms with E-state index in [1.54, 1.807) is 19.1 Å². The fourth-order valence-corrected chi connectivity index (χ4v) is 4.29. The van der Waals surface area contributed by atoms with Gasteiger partial charge in [0.15, 0.2) is 6.23 Å². The highest BCUT2D eigenvalue weighted by molar-refractivity contribution is 7.45. The zero-order valence-electron chi connectivity index (χ0n) is 17.3. The third kappa shape index (κ3) is 5.03. The Hall–Kier alpha value is -3.10. The van der Waals surface area contributed by atoms with E-state index in [4.69, 9.17) is 13.8 Å². The van der Waals surface area contributed by atoms with Gasteiger partial charge in [0.2, 0.25) is 0 Å². The number of aromatic amines is 1. The Morgan fingerprint density at radius 2 is 2.00 bits per heavy atom. The molecule has 0 spiro atoms. The summed E-state index contributed by atoms with van der Waals surface area (Å²) in [5, 5.41) is 4.91. The largest absolute Gasteiger partial charge is 0.435 e. The van der Waals surface area contributed by atoms with E-state index in [2.05, 4.69) is 10.1 Å². The molecule has 0 fully saturated rings. The highest BCUT2D eigenvalue weighted by atomic mass is 31.2. The van der Waals surface area contributed by atoms with Crippen LogP contribution in [0, 0.1) is 6.92 Å². The van der Waals surface area contributed by atoms with Crippen LogP contribution >= 0.6 is 8.53 Å². The molecule has 4 rings (SSSR count). The number of rotatable bonds is 9. The maximum absolute atomic E-state index is 12.1. The lowest BCUT2D eigenvalue weighted by molar-refractivity contribution is -0.106. The van der Waals surface area contributed by atoms with Gasteiger partial charge in [-0.05, 0) is 24.5 Å². The predicted molar refractivity (Wildman–Crippen MR) is 121 cm³/mol. The molecule has 0 bridgehead atoms. The molecule has 3 atom stereocenters. The van der Waals surface area contributed by atoms with Crippen molar-refractivity contribution in [1.82, 2.24) is 14.6 Å². The standard InChI is InChI=1S/C22H22N3O6P/c1-15-13-25(22(28)24-21(15)27)20-10-9-17(30-20)14-29-32(23-11-12-26)31-19-8-4-6-16-5-2-3-7-18(16)19/h2-10,12-13,17,20,23H,11,14H2,1H3,(H,24,27,28). The van der Waals surface area contributed by atoms with E-state index < -0.39 is 32.1 Å². The lowest BCUT2D eigenvalue weighted by Crippen LogP contribution is -2.33. The molecule has 1 aliphatic rings. The number of hydrogen-bond donors (Lipinski definition) is 2. The van der Waals surface area contributed by atoms with Crippen LogP contribution in [0.1, 0.15) is 11.8 Å². The van der Waals surface area contributed by atoms with Gasteiger partial charge in [0.25, 0.3) is 5.56 Å². The van der Waals surface area contributed by atoms with E-state index in [1.165, 1.54) is 10.8 Å². The summed E-state index contributed by atoms with van der Waals surface area (Å²) in [4.78, 5) is 36.8. The van der Waals surface area contributed by atoms with E-state index in [0.29, 0.717) is 11.3 Å². The number of benzene rings is 2. The van der Waals surface area contributed by atoms with Gasteiger partial charge in [0.05, 0.1) is 13.2 Å². The fraction of sp³-hybridized carbons (Fsp3) is 0.227. The van der Waals surface area contributed by atoms with Gasteiger partial charge in [0, 0.05) is 17.1 Å². The average molecular weight is 455 g/mol. The first-order valence-electron chi connectivity index (χ1n) is 9.97. The van der Waals surface area contributed by atoms with Crippen molar-refractivity contribution >= 4 is 25.6 Å². The van der Waals surface area contributed by atoms with Crippen molar-refractivity contribution in [3.63, 3.8) is 0 Å². The second-order valence-electron chi connectivity index (χ2n) is 7.08. The first-order valence-corrected chi connectivity index (χ1v) is 11.1. The molecule has 1 aromatic heterocycles. The minimum atomic E-state index is -1.63. The average Bonchev–Trinajstić information content (AvgIpc) is 3.27. The molecule has 3 aromatic rings. The third-order valence-electron chi connectivity index (χ3n) is 4.82. The van der Waals surface area contributed by atoms with Crippen molar-refractivity contribution in [2.75, 3.05) is 13.2 Å². The monoisotopic (exact) mass is 455 g/mol. The van der Waals surface area contributed by atoms with Crippen LogP contribution < -0.4 is 20.9 Å². The van der Waals surface area contributed by atoms with Crippen LogP contribution in [0.3, 0.4) is 0 Å². The van der Waals surface area contributed by atoms with Gasteiger partial charge in [0.1, 0.15) is 18.1 Å². The molecular weight excluding hydrogens is 433 g/mol. The number of aldehydes is 1. The molecule has 32 heavy (non-hydrogen) atoms. The summed E-state index contributed by atoms with van der Waals surface area (Å²) in [5.74, 6) is 0.642. The van der Waals surface area contributed by atoms with Crippen LogP contribution in [0.25, 0.3) is 10.8 Å². The Kier molecular flexibility index (Phi) is 6.92. The fourth-order valence-electron chi connectivity index (χ4n) is 3.24. The molecule has 1 aliphatic heterocycles.